The zero-order chi connectivity index (χ0) is 8.49. The Kier molecular flexibility index (Phi) is 20.9. The van der Waals surface area contributed by atoms with Crippen molar-refractivity contribution in [2.45, 2.75) is 0 Å². The summed E-state index contributed by atoms with van der Waals surface area (Å²) < 4.78 is 0. The Balaban J connectivity index is -0.000000160. The fraction of sp³-hybridized carbons (Fsp3) is 0. The monoisotopic (exact) mass is 274 g/mol. The summed E-state index contributed by atoms with van der Waals surface area (Å²) in [4.78, 5) is 0. The van der Waals surface area contributed by atoms with Crippen LogP contribution in [-0.4, -0.2) is 0 Å². The molecule has 0 unspecified atom stereocenters. The van der Waals surface area contributed by atoms with Gasteiger partial charge in [0.15, 0.2) is 0 Å². The van der Waals surface area contributed by atoms with Crippen LogP contribution in [0.5, 0.6) is 0 Å². The van der Waals surface area contributed by atoms with E-state index in [1.807, 2.05) is 60.7 Å². The first-order valence-electron chi connectivity index (χ1n) is 3.82. The molecule has 15 heavy (non-hydrogen) atoms. The van der Waals surface area contributed by atoms with E-state index in [0.717, 1.165) is 0 Å². The van der Waals surface area contributed by atoms with Gasteiger partial charge in [0.25, 0.3) is 0 Å². The van der Waals surface area contributed by atoms with Crippen molar-refractivity contribution in [3.8, 4) is 0 Å². The first-order chi connectivity index (χ1) is 6.00. The van der Waals surface area contributed by atoms with Gasteiger partial charge < -0.3 is 14.9 Å². The Morgan fingerprint density at radius 2 is 0.733 bits per heavy atom. The molecule has 0 saturated heterocycles. The summed E-state index contributed by atoms with van der Waals surface area (Å²) in [6, 6.07) is 25.0. The number of hydrogen-bond acceptors (Lipinski definition) is 0. The fourth-order valence-corrected chi connectivity index (χ4v) is 0.684. The second-order valence-electron chi connectivity index (χ2n) is 2.15. The Morgan fingerprint density at radius 1 is 0.467 bits per heavy atom. The molecular formula is C14H16Zr. The van der Waals surface area contributed by atoms with Crippen molar-refractivity contribution >= 4 is 0 Å². The van der Waals surface area contributed by atoms with Gasteiger partial charge in [-0.2, -0.15) is 72.8 Å². The summed E-state index contributed by atoms with van der Waals surface area (Å²) >= 11 is 0. The minimum Gasteiger partial charge on any atom is -0.358 e. The molecule has 76 valence electrons. The summed E-state index contributed by atoms with van der Waals surface area (Å²) in [5, 5.41) is 0. The molecule has 2 aromatic carbocycles. The third-order valence-corrected chi connectivity index (χ3v) is 1.21. The van der Waals surface area contributed by atoms with Crippen molar-refractivity contribution < 1.29 is 26.2 Å². The molecule has 0 aliphatic carbocycles. The van der Waals surface area contributed by atoms with Crippen molar-refractivity contribution in [3.63, 3.8) is 0 Å². The largest absolute Gasteiger partial charge is 4.00 e. The van der Waals surface area contributed by atoms with Crippen LogP contribution in [0, 0.1) is 27.0 Å². The second kappa shape index (κ2) is 15.8. The van der Waals surface area contributed by atoms with Crippen LogP contribution in [0.25, 0.3) is 0 Å². The fourth-order valence-electron chi connectivity index (χ4n) is 0.684. The quantitative estimate of drug-likeness (QED) is 0.640. The van der Waals surface area contributed by atoms with E-state index in [-0.39, 0.29) is 41.1 Å². The smallest absolute Gasteiger partial charge is 0.358 e. The van der Waals surface area contributed by atoms with Crippen LogP contribution >= 0.6 is 0 Å². The van der Waals surface area contributed by atoms with Crippen molar-refractivity contribution in [2.75, 3.05) is 0 Å². The molecule has 0 spiro atoms. The van der Waals surface area contributed by atoms with E-state index < -0.39 is 0 Å². The van der Waals surface area contributed by atoms with Crippen molar-refractivity contribution in [2.24, 2.45) is 0 Å². The normalized spacial score (nSPS) is 6.40. The van der Waals surface area contributed by atoms with Gasteiger partial charge in [-0.3, -0.25) is 0 Å². The molecule has 0 nitrogen and oxygen atoms in total. The molecule has 0 aromatic heterocycles. The summed E-state index contributed by atoms with van der Waals surface area (Å²) in [5.41, 5.74) is 0. The average Bonchev–Trinajstić information content (AvgIpc) is 2.24. The molecule has 0 amide bonds. The average molecular weight is 276 g/mol. The first kappa shape index (κ1) is 19.8. The zero-order valence-electron chi connectivity index (χ0n) is 9.27. The third-order valence-electron chi connectivity index (χ3n) is 1.21. The predicted molar refractivity (Wildman–Crippen MR) is 63.4 cm³/mol. The van der Waals surface area contributed by atoms with E-state index in [9.17, 15) is 0 Å². The van der Waals surface area contributed by atoms with Crippen LogP contribution in [0.1, 0.15) is 0 Å². The second-order valence-corrected chi connectivity index (χ2v) is 2.15. The van der Waals surface area contributed by atoms with Crippen LogP contribution in [0.2, 0.25) is 0 Å². The molecule has 2 rings (SSSR count). The van der Waals surface area contributed by atoms with E-state index in [2.05, 4.69) is 12.1 Å². The van der Waals surface area contributed by atoms with Crippen LogP contribution in [-0.2, 0) is 26.2 Å². The minimum atomic E-state index is 0. The molecule has 0 N–H and O–H groups in total. The number of benzene rings is 2. The van der Waals surface area contributed by atoms with Gasteiger partial charge in [-0.25, -0.2) is 0 Å². The van der Waals surface area contributed by atoms with Gasteiger partial charge in [-0.05, 0) is 0 Å². The van der Waals surface area contributed by atoms with Crippen LogP contribution in [0.3, 0.4) is 0 Å². The third kappa shape index (κ3) is 13.3. The van der Waals surface area contributed by atoms with Crippen LogP contribution in [0.4, 0.5) is 0 Å². The van der Waals surface area contributed by atoms with E-state index in [1.165, 1.54) is 0 Å². The van der Waals surface area contributed by atoms with Crippen LogP contribution in [0.15, 0.2) is 60.7 Å². The van der Waals surface area contributed by atoms with E-state index in [4.69, 9.17) is 0 Å². The molecule has 1 heteroatoms. The maximum atomic E-state index is 2.89. The maximum absolute atomic E-state index is 2.89. The molecule has 0 radical (unpaired) electrons. The van der Waals surface area contributed by atoms with Gasteiger partial charge in [-0.1, -0.05) is 0 Å². The molecular weight excluding hydrogens is 259 g/mol. The summed E-state index contributed by atoms with van der Waals surface area (Å²) in [6.07, 6.45) is 0. The predicted octanol–water partition coefficient (Wildman–Crippen LogP) is 3.87. The van der Waals surface area contributed by atoms with Gasteiger partial charge in [-0.15, -0.1) is 0 Å². The molecule has 2 aromatic rings. The molecule has 0 fully saturated rings. The molecule has 0 atom stereocenters. The van der Waals surface area contributed by atoms with Crippen molar-refractivity contribution in [1.82, 2.24) is 0 Å². The maximum Gasteiger partial charge on any atom is 4.00 e. The number of rotatable bonds is 0. The minimum absolute atomic E-state index is 0. The van der Waals surface area contributed by atoms with Gasteiger partial charge in [0, 0.05) is 0 Å². The van der Waals surface area contributed by atoms with E-state index in [0.29, 0.717) is 0 Å². The van der Waals surface area contributed by atoms with E-state index >= 15 is 0 Å². The Hall–Kier alpha value is -0.677. The Morgan fingerprint density at radius 3 is 0.800 bits per heavy atom. The molecule has 0 saturated carbocycles. The van der Waals surface area contributed by atoms with Gasteiger partial charge >= 0.3 is 26.2 Å². The zero-order valence-corrected chi connectivity index (χ0v) is 11.7. The van der Waals surface area contributed by atoms with Crippen molar-refractivity contribution in [1.29, 1.82) is 0 Å². The molecule has 0 aliphatic rings. The van der Waals surface area contributed by atoms with Crippen molar-refractivity contribution in [3.05, 3.63) is 87.6 Å². The summed E-state index contributed by atoms with van der Waals surface area (Å²) in [5.74, 6) is 0. The molecule has 0 aliphatic heterocycles. The standard InChI is InChI=1S/2C6H5.2CH3.Zr/c2*1-2-4-6-5-3-1;;;/h2*1-5H;2*1H3;/q4*-1;+4. The molecule has 0 heterocycles. The first-order valence-corrected chi connectivity index (χ1v) is 3.82. The Bertz CT molecular complexity index is 181. The van der Waals surface area contributed by atoms with Gasteiger partial charge in [0.05, 0.1) is 0 Å². The van der Waals surface area contributed by atoms with Gasteiger partial charge in [0.2, 0.25) is 0 Å². The van der Waals surface area contributed by atoms with Crippen LogP contribution < -0.4 is 0 Å². The summed E-state index contributed by atoms with van der Waals surface area (Å²) in [7, 11) is 0. The topological polar surface area (TPSA) is 0 Å². The van der Waals surface area contributed by atoms with Gasteiger partial charge in [0.1, 0.15) is 0 Å². The Labute approximate surface area is 113 Å². The summed E-state index contributed by atoms with van der Waals surface area (Å²) in [6.45, 7) is 0. The SMILES string of the molecule is [CH3-].[CH3-].[Zr+4].[c-]1ccccc1.[c-]1ccccc1. The van der Waals surface area contributed by atoms with E-state index in [1.54, 1.807) is 0 Å². The number of hydrogen-bond donors (Lipinski definition) is 0. The molecule has 0 bridgehead atoms.